The lowest BCUT2D eigenvalue weighted by Gasteiger charge is -2.38. The summed E-state index contributed by atoms with van der Waals surface area (Å²) < 4.78 is 53.2. The van der Waals surface area contributed by atoms with E-state index in [-0.39, 0.29) is 17.6 Å². The number of nitrogens with one attached hydrogen (secondary N) is 1. The number of hydrogen-bond donors (Lipinski definition) is 1. The van der Waals surface area contributed by atoms with Gasteiger partial charge in [0.05, 0.1) is 5.56 Å². The number of likely N-dealkylation sites (tertiary alicyclic amines) is 1. The van der Waals surface area contributed by atoms with Gasteiger partial charge in [-0.25, -0.2) is 9.18 Å². The molecule has 4 nitrogen and oxygen atoms in total. The Labute approximate surface area is 218 Å². The fourth-order valence-corrected chi connectivity index (χ4v) is 5.80. The third kappa shape index (κ3) is 6.84. The molecule has 0 unspecified atom stereocenters. The smallest absolute Gasteiger partial charge is 0.320 e. The van der Waals surface area contributed by atoms with E-state index in [9.17, 15) is 22.4 Å². The topological polar surface area (TPSA) is 35.6 Å². The molecule has 10 heteroatoms. The summed E-state index contributed by atoms with van der Waals surface area (Å²) in [6, 6.07) is 7.54. The van der Waals surface area contributed by atoms with Gasteiger partial charge >= 0.3 is 12.2 Å². The molecule has 196 valence electrons. The van der Waals surface area contributed by atoms with Gasteiger partial charge in [-0.2, -0.15) is 13.2 Å². The zero-order valence-electron chi connectivity index (χ0n) is 19.8. The molecule has 1 saturated heterocycles. The lowest BCUT2D eigenvalue weighted by Crippen LogP contribution is -2.47. The van der Waals surface area contributed by atoms with Gasteiger partial charge in [-0.05, 0) is 99.5 Å². The number of amides is 2. The molecule has 2 amide bonds. The Morgan fingerprint density at radius 2 is 1.64 bits per heavy atom. The summed E-state index contributed by atoms with van der Waals surface area (Å²) in [5, 5.41) is 3.75. The summed E-state index contributed by atoms with van der Waals surface area (Å²) in [6.45, 7) is 3.13. The van der Waals surface area contributed by atoms with Gasteiger partial charge in [0.1, 0.15) is 5.82 Å². The lowest BCUT2D eigenvalue weighted by atomic mass is 9.81. The molecule has 2 fully saturated rings. The second-order valence-corrected chi connectivity index (χ2v) is 10.4. The Hall–Kier alpha value is -2.03. The number of rotatable bonds is 6. The van der Waals surface area contributed by atoms with Gasteiger partial charge in [0.2, 0.25) is 0 Å². The van der Waals surface area contributed by atoms with E-state index in [1.54, 1.807) is 11.0 Å². The summed E-state index contributed by atoms with van der Waals surface area (Å²) >= 11 is 12.4. The van der Waals surface area contributed by atoms with Gasteiger partial charge in [-0.15, -0.1) is 0 Å². The average Bonchev–Trinajstić information content (AvgIpc) is 3.33. The second kappa shape index (κ2) is 11.6. The van der Waals surface area contributed by atoms with Crippen LogP contribution in [0.1, 0.15) is 55.6 Å². The number of halogens is 6. The van der Waals surface area contributed by atoms with Crippen molar-refractivity contribution in [3.63, 3.8) is 0 Å². The molecular formula is C26H29Cl2F4N3O. The van der Waals surface area contributed by atoms with E-state index in [1.807, 2.05) is 12.1 Å². The molecule has 0 bridgehead atoms. The summed E-state index contributed by atoms with van der Waals surface area (Å²) in [4.78, 5) is 17.3. The molecular weight excluding hydrogens is 517 g/mol. The average molecular weight is 546 g/mol. The first-order valence-electron chi connectivity index (χ1n) is 12.2. The highest BCUT2D eigenvalue weighted by molar-refractivity contribution is 6.34. The van der Waals surface area contributed by atoms with Gasteiger partial charge in [-0.3, -0.25) is 0 Å². The van der Waals surface area contributed by atoms with E-state index >= 15 is 0 Å². The number of anilines is 1. The normalized spacial score (nSPS) is 20.9. The van der Waals surface area contributed by atoms with E-state index in [2.05, 4.69) is 10.2 Å². The third-order valence-electron chi connectivity index (χ3n) is 7.13. The van der Waals surface area contributed by atoms with Crippen molar-refractivity contribution >= 4 is 34.9 Å². The van der Waals surface area contributed by atoms with Crippen molar-refractivity contribution in [3.8, 4) is 0 Å². The minimum absolute atomic E-state index is 0.0546. The Kier molecular flexibility index (Phi) is 8.68. The van der Waals surface area contributed by atoms with Crippen LogP contribution in [-0.4, -0.2) is 48.1 Å². The standard InChI is InChI=1S/C26H29Cl2F4N3O/c27-19-13-18(14-20(28)15-19)17-3-6-22(7-4-17)35(12-11-34-9-1-2-10-34)25(36)33-21-5-8-24(29)23(16-21)26(30,31)32/h5,8,13-17,22H,1-4,6-7,9-12H2,(H,33,36). The monoisotopic (exact) mass is 545 g/mol. The predicted octanol–water partition coefficient (Wildman–Crippen LogP) is 7.81. The van der Waals surface area contributed by atoms with Crippen molar-refractivity contribution in [2.45, 2.75) is 56.7 Å². The number of carbonyl (C=O) groups excluding carboxylic acids is 1. The molecule has 0 aromatic heterocycles. The quantitative estimate of drug-likeness (QED) is 0.375. The first kappa shape index (κ1) is 27.0. The van der Waals surface area contributed by atoms with Gasteiger partial charge in [0, 0.05) is 34.9 Å². The maximum Gasteiger partial charge on any atom is 0.419 e. The van der Waals surface area contributed by atoms with Crippen LogP contribution in [0.2, 0.25) is 10.0 Å². The molecule has 0 spiro atoms. The highest BCUT2D eigenvalue weighted by Crippen LogP contribution is 2.37. The molecule has 0 atom stereocenters. The van der Waals surface area contributed by atoms with Crippen LogP contribution in [0.4, 0.5) is 28.0 Å². The van der Waals surface area contributed by atoms with Crippen LogP contribution in [-0.2, 0) is 6.18 Å². The maximum atomic E-state index is 13.7. The van der Waals surface area contributed by atoms with Crippen molar-refractivity contribution in [3.05, 3.63) is 63.4 Å². The van der Waals surface area contributed by atoms with Crippen LogP contribution in [0, 0.1) is 5.82 Å². The second-order valence-electron chi connectivity index (χ2n) is 9.57. The molecule has 2 aliphatic rings. The maximum absolute atomic E-state index is 13.7. The van der Waals surface area contributed by atoms with Crippen LogP contribution >= 0.6 is 23.2 Å². The largest absolute Gasteiger partial charge is 0.419 e. The van der Waals surface area contributed by atoms with E-state index in [4.69, 9.17) is 23.2 Å². The molecule has 1 heterocycles. The van der Waals surface area contributed by atoms with Crippen molar-refractivity contribution in [2.75, 3.05) is 31.5 Å². The fraction of sp³-hybridized carbons (Fsp3) is 0.500. The van der Waals surface area contributed by atoms with Crippen molar-refractivity contribution < 1.29 is 22.4 Å². The van der Waals surface area contributed by atoms with Crippen LogP contribution in [0.5, 0.6) is 0 Å². The fourth-order valence-electron chi connectivity index (χ4n) is 5.25. The number of urea groups is 1. The van der Waals surface area contributed by atoms with E-state index in [0.717, 1.165) is 69.3 Å². The summed E-state index contributed by atoms with van der Waals surface area (Å²) in [7, 11) is 0. The van der Waals surface area contributed by atoms with E-state index < -0.39 is 23.6 Å². The number of hydrogen-bond acceptors (Lipinski definition) is 2. The van der Waals surface area contributed by atoms with Gasteiger partial charge in [0.15, 0.2) is 0 Å². The van der Waals surface area contributed by atoms with Crippen LogP contribution < -0.4 is 5.32 Å². The summed E-state index contributed by atoms with van der Waals surface area (Å²) in [6.07, 6.45) is 0.568. The van der Waals surface area contributed by atoms with Gasteiger partial charge < -0.3 is 15.1 Å². The summed E-state index contributed by atoms with van der Waals surface area (Å²) in [5.74, 6) is -1.10. The van der Waals surface area contributed by atoms with Crippen molar-refractivity contribution in [1.82, 2.24) is 9.80 Å². The molecule has 1 aliphatic carbocycles. The molecule has 4 rings (SSSR count). The minimum atomic E-state index is -4.85. The molecule has 2 aromatic carbocycles. The highest BCUT2D eigenvalue weighted by atomic mass is 35.5. The van der Waals surface area contributed by atoms with Crippen LogP contribution in [0.15, 0.2) is 36.4 Å². The molecule has 36 heavy (non-hydrogen) atoms. The Morgan fingerprint density at radius 1 is 1.00 bits per heavy atom. The number of nitrogens with zero attached hydrogens (tertiary/aromatic N) is 2. The van der Waals surface area contributed by atoms with Crippen molar-refractivity contribution in [2.24, 2.45) is 0 Å². The lowest BCUT2D eigenvalue weighted by molar-refractivity contribution is -0.139. The van der Waals surface area contributed by atoms with E-state index in [0.29, 0.717) is 29.2 Å². The SMILES string of the molecule is O=C(Nc1ccc(F)c(C(F)(F)F)c1)N(CCN1CCCC1)C1CCC(c2cc(Cl)cc(Cl)c2)CC1. The van der Waals surface area contributed by atoms with Crippen molar-refractivity contribution in [1.29, 1.82) is 0 Å². The molecule has 0 radical (unpaired) electrons. The number of alkyl halides is 3. The van der Waals surface area contributed by atoms with Gasteiger partial charge in [-0.1, -0.05) is 23.2 Å². The molecule has 1 aliphatic heterocycles. The Balaban J connectivity index is 1.46. The van der Waals surface area contributed by atoms with Crippen LogP contribution in [0.25, 0.3) is 0 Å². The van der Waals surface area contributed by atoms with Gasteiger partial charge in [0.25, 0.3) is 0 Å². The highest BCUT2D eigenvalue weighted by Gasteiger charge is 2.35. The third-order valence-corrected chi connectivity index (χ3v) is 7.57. The zero-order chi connectivity index (χ0) is 25.9. The minimum Gasteiger partial charge on any atom is -0.320 e. The Bertz CT molecular complexity index is 1050. The van der Waals surface area contributed by atoms with E-state index in [1.165, 1.54) is 0 Å². The first-order chi connectivity index (χ1) is 17.1. The molecule has 2 aromatic rings. The first-order valence-corrected chi connectivity index (χ1v) is 13.0. The van der Waals surface area contributed by atoms with Crippen LogP contribution in [0.3, 0.4) is 0 Å². The summed E-state index contributed by atoms with van der Waals surface area (Å²) in [5.41, 5.74) is -0.406. The number of benzene rings is 2. The Morgan fingerprint density at radius 3 is 2.25 bits per heavy atom. The molecule has 1 N–H and O–H groups in total. The predicted molar refractivity (Wildman–Crippen MR) is 134 cm³/mol. The molecule has 1 saturated carbocycles. The zero-order valence-corrected chi connectivity index (χ0v) is 21.3. The number of carbonyl (C=O) groups is 1.